The summed E-state index contributed by atoms with van der Waals surface area (Å²) in [7, 11) is 1.58. The molecule has 0 fully saturated rings. The Labute approximate surface area is 182 Å². The van der Waals surface area contributed by atoms with Crippen molar-refractivity contribution in [3.8, 4) is 5.75 Å². The van der Waals surface area contributed by atoms with E-state index in [0.717, 1.165) is 16.9 Å². The average Bonchev–Trinajstić information content (AvgIpc) is 2.82. The molecule has 1 N–H and O–H groups in total. The van der Waals surface area contributed by atoms with E-state index in [1.165, 1.54) is 0 Å². The van der Waals surface area contributed by atoms with E-state index in [0.29, 0.717) is 11.5 Å². The number of hydrazone groups is 1. The van der Waals surface area contributed by atoms with Gasteiger partial charge in [0.15, 0.2) is 0 Å². The molecule has 0 saturated carbocycles. The quantitative estimate of drug-likeness (QED) is 0.429. The van der Waals surface area contributed by atoms with Crippen molar-refractivity contribution in [2.75, 3.05) is 12.0 Å². The van der Waals surface area contributed by atoms with Gasteiger partial charge in [0.05, 0.1) is 12.8 Å². The van der Waals surface area contributed by atoms with Crippen LogP contribution in [0.3, 0.4) is 0 Å². The highest BCUT2D eigenvalue weighted by atomic mass is 16.5. The van der Waals surface area contributed by atoms with Gasteiger partial charge in [-0.2, -0.15) is 5.10 Å². The second-order valence-corrected chi connectivity index (χ2v) is 6.83. The molecule has 0 saturated heterocycles. The summed E-state index contributed by atoms with van der Waals surface area (Å²) in [5, 5.41) is 4.15. The third-order valence-corrected chi connectivity index (χ3v) is 4.69. The first-order chi connectivity index (χ1) is 15.1. The van der Waals surface area contributed by atoms with Gasteiger partial charge in [-0.05, 0) is 43.3 Å². The summed E-state index contributed by atoms with van der Waals surface area (Å²) in [6, 6.07) is 26.2. The maximum Gasteiger partial charge on any atom is 0.240 e. The zero-order valence-corrected chi connectivity index (χ0v) is 17.6. The Morgan fingerprint density at radius 2 is 1.39 bits per heavy atom. The van der Waals surface area contributed by atoms with Gasteiger partial charge in [0.1, 0.15) is 5.75 Å². The molecule has 0 aliphatic carbocycles. The molecule has 3 rings (SSSR count). The van der Waals surface area contributed by atoms with Crippen LogP contribution in [0.25, 0.3) is 0 Å². The van der Waals surface area contributed by atoms with Crippen LogP contribution in [0.1, 0.15) is 25.3 Å². The predicted octanol–water partition coefficient (Wildman–Crippen LogP) is 4.68. The second-order valence-electron chi connectivity index (χ2n) is 6.83. The first-order valence-electron chi connectivity index (χ1n) is 9.99. The number of anilines is 2. The van der Waals surface area contributed by atoms with E-state index in [-0.39, 0.29) is 24.7 Å². The summed E-state index contributed by atoms with van der Waals surface area (Å²) in [5.74, 6) is 0.177. The van der Waals surface area contributed by atoms with Gasteiger partial charge in [-0.15, -0.1) is 0 Å². The Morgan fingerprint density at radius 1 is 0.839 bits per heavy atom. The van der Waals surface area contributed by atoms with Crippen molar-refractivity contribution < 1.29 is 14.3 Å². The van der Waals surface area contributed by atoms with Crippen LogP contribution >= 0.6 is 0 Å². The van der Waals surface area contributed by atoms with Gasteiger partial charge < -0.3 is 4.74 Å². The molecule has 0 atom stereocenters. The molecule has 0 unspecified atom stereocenters. The van der Waals surface area contributed by atoms with Gasteiger partial charge in [-0.1, -0.05) is 48.5 Å². The van der Waals surface area contributed by atoms with E-state index in [1.807, 2.05) is 84.9 Å². The average molecular weight is 415 g/mol. The summed E-state index contributed by atoms with van der Waals surface area (Å²) >= 11 is 0. The maximum atomic E-state index is 13.0. The van der Waals surface area contributed by atoms with Crippen LogP contribution in [0, 0.1) is 0 Å². The van der Waals surface area contributed by atoms with Crippen LogP contribution in [0.2, 0.25) is 0 Å². The van der Waals surface area contributed by atoms with Crippen molar-refractivity contribution in [3.63, 3.8) is 0 Å². The number of amides is 2. The molecule has 31 heavy (non-hydrogen) atoms. The van der Waals surface area contributed by atoms with E-state index in [1.54, 1.807) is 18.9 Å². The lowest BCUT2D eigenvalue weighted by Gasteiger charge is -2.23. The van der Waals surface area contributed by atoms with Gasteiger partial charge in [0.25, 0.3) is 0 Å². The van der Waals surface area contributed by atoms with Crippen molar-refractivity contribution >= 4 is 28.9 Å². The molecular formula is C25H25N3O3. The standard InChI is InChI=1S/C25H25N3O3/c1-19(22-15-9-10-16-23(22)31-2)26-27-24(29)17-18-25(30)28(20-11-5-3-6-12-20)21-13-7-4-8-14-21/h3-16H,17-18H2,1-2H3,(H,27,29). The minimum Gasteiger partial charge on any atom is -0.496 e. The van der Waals surface area contributed by atoms with Gasteiger partial charge in [0, 0.05) is 29.8 Å². The minimum atomic E-state index is -0.330. The number of carbonyl (C=O) groups excluding carboxylic acids is 2. The molecule has 3 aromatic carbocycles. The van der Waals surface area contributed by atoms with Crippen molar-refractivity contribution in [1.82, 2.24) is 5.43 Å². The number of hydrogen-bond donors (Lipinski definition) is 1. The first kappa shape index (κ1) is 21.8. The molecule has 0 aromatic heterocycles. The van der Waals surface area contributed by atoms with Crippen molar-refractivity contribution in [3.05, 3.63) is 90.5 Å². The fourth-order valence-corrected chi connectivity index (χ4v) is 3.13. The van der Waals surface area contributed by atoms with Crippen molar-refractivity contribution in [1.29, 1.82) is 0 Å². The number of nitrogens with zero attached hydrogens (tertiary/aromatic N) is 2. The maximum absolute atomic E-state index is 13.0. The van der Waals surface area contributed by atoms with E-state index in [4.69, 9.17) is 4.74 Å². The number of benzene rings is 3. The number of hydrogen-bond acceptors (Lipinski definition) is 4. The molecule has 0 aliphatic heterocycles. The normalized spacial score (nSPS) is 11.0. The van der Waals surface area contributed by atoms with Crippen LogP contribution in [-0.4, -0.2) is 24.6 Å². The molecule has 3 aromatic rings. The first-order valence-corrected chi connectivity index (χ1v) is 9.99. The lowest BCUT2D eigenvalue weighted by atomic mass is 10.1. The van der Waals surface area contributed by atoms with Gasteiger partial charge >= 0.3 is 0 Å². The summed E-state index contributed by atoms with van der Waals surface area (Å²) < 4.78 is 5.32. The van der Waals surface area contributed by atoms with Crippen LogP contribution in [0.5, 0.6) is 5.75 Å². The molecule has 0 spiro atoms. The molecule has 6 heteroatoms. The summed E-state index contributed by atoms with van der Waals surface area (Å²) in [6.45, 7) is 1.79. The lowest BCUT2D eigenvalue weighted by molar-refractivity contribution is -0.124. The zero-order valence-electron chi connectivity index (χ0n) is 17.6. The highest BCUT2D eigenvalue weighted by molar-refractivity contribution is 6.03. The highest BCUT2D eigenvalue weighted by Gasteiger charge is 2.18. The number of ether oxygens (including phenoxy) is 1. The van der Waals surface area contributed by atoms with Gasteiger partial charge in [-0.25, -0.2) is 5.43 Å². The van der Waals surface area contributed by atoms with E-state index < -0.39 is 0 Å². The Kier molecular flexibility index (Phi) is 7.54. The fraction of sp³-hybridized carbons (Fsp3) is 0.160. The van der Waals surface area contributed by atoms with E-state index in [2.05, 4.69) is 10.5 Å². The molecular weight excluding hydrogens is 390 g/mol. The Morgan fingerprint density at radius 3 is 1.97 bits per heavy atom. The molecule has 0 heterocycles. The number of rotatable bonds is 8. The Balaban J connectivity index is 1.65. The minimum absolute atomic E-state index is 0.0255. The number of para-hydroxylation sites is 3. The third-order valence-electron chi connectivity index (χ3n) is 4.69. The molecule has 158 valence electrons. The van der Waals surface area contributed by atoms with E-state index in [9.17, 15) is 9.59 Å². The van der Waals surface area contributed by atoms with Gasteiger partial charge in [0.2, 0.25) is 11.8 Å². The monoisotopic (exact) mass is 415 g/mol. The van der Waals surface area contributed by atoms with Crippen molar-refractivity contribution in [2.24, 2.45) is 5.10 Å². The third kappa shape index (κ3) is 5.79. The summed E-state index contributed by atoms with van der Waals surface area (Å²) in [4.78, 5) is 26.9. The molecule has 0 bridgehead atoms. The summed E-state index contributed by atoms with van der Waals surface area (Å²) in [5.41, 5.74) is 5.45. The number of methoxy groups -OCH3 is 1. The zero-order chi connectivity index (χ0) is 22.1. The smallest absolute Gasteiger partial charge is 0.240 e. The Bertz CT molecular complexity index is 1010. The predicted molar refractivity (Wildman–Crippen MR) is 123 cm³/mol. The van der Waals surface area contributed by atoms with Crippen molar-refractivity contribution in [2.45, 2.75) is 19.8 Å². The molecule has 0 radical (unpaired) electrons. The largest absolute Gasteiger partial charge is 0.496 e. The summed E-state index contributed by atoms with van der Waals surface area (Å²) in [6.07, 6.45) is 0.0799. The number of nitrogens with one attached hydrogen (secondary N) is 1. The molecule has 6 nitrogen and oxygen atoms in total. The fourth-order valence-electron chi connectivity index (χ4n) is 3.13. The highest BCUT2D eigenvalue weighted by Crippen LogP contribution is 2.26. The lowest BCUT2D eigenvalue weighted by Crippen LogP contribution is -2.28. The molecule has 2 amide bonds. The molecule has 0 aliphatic rings. The van der Waals surface area contributed by atoms with Crippen LogP contribution < -0.4 is 15.1 Å². The SMILES string of the molecule is COc1ccccc1C(C)=NNC(=O)CCC(=O)N(c1ccccc1)c1ccccc1. The van der Waals surface area contributed by atoms with E-state index >= 15 is 0 Å². The number of carbonyl (C=O) groups is 2. The second kappa shape index (κ2) is 10.7. The van der Waals surface area contributed by atoms with Crippen LogP contribution in [0.15, 0.2) is 90.0 Å². The Hall–Kier alpha value is -3.93. The topological polar surface area (TPSA) is 71.0 Å². The van der Waals surface area contributed by atoms with Crippen LogP contribution in [0.4, 0.5) is 11.4 Å². The van der Waals surface area contributed by atoms with Gasteiger partial charge in [-0.3, -0.25) is 14.5 Å². The van der Waals surface area contributed by atoms with Crippen LogP contribution in [-0.2, 0) is 9.59 Å².